The third-order valence-corrected chi connectivity index (χ3v) is 4.27. The van der Waals surface area contributed by atoms with Gasteiger partial charge in [-0.2, -0.15) is 5.10 Å². The first-order valence-electron chi connectivity index (χ1n) is 7.09. The molecule has 0 aliphatic rings. The van der Waals surface area contributed by atoms with Crippen LogP contribution in [0.15, 0.2) is 51.7 Å². The van der Waals surface area contributed by atoms with Crippen molar-refractivity contribution in [2.75, 3.05) is 0 Å². The minimum Gasteiger partial charge on any atom is -0.549 e. The molecule has 1 heterocycles. The topological polar surface area (TPSA) is 85.9 Å². The smallest absolute Gasteiger partial charge is 0.549 e. The number of aliphatic carboxylic acids is 1. The summed E-state index contributed by atoms with van der Waals surface area (Å²) in [6.07, 6.45) is -0.134. The molecule has 25 heavy (non-hydrogen) atoms. The summed E-state index contributed by atoms with van der Waals surface area (Å²) in [5.74, 6) is -3.10. The van der Waals surface area contributed by atoms with Crippen molar-refractivity contribution < 1.29 is 43.8 Å². The Morgan fingerprint density at radius 1 is 1.24 bits per heavy atom. The van der Waals surface area contributed by atoms with Crippen LogP contribution in [0.2, 0.25) is 0 Å². The van der Waals surface area contributed by atoms with Gasteiger partial charge in [0.1, 0.15) is 5.82 Å². The largest absolute Gasteiger partial charge is 1.00 e. The number of aromatic amines is 1. The first-order valence-corrected chi connectivity index (χ1v) is 7.89. The Kier molecular flexibility index (Phi) is 6.51. The van der Waals surface area contributed by atoms with Gasteiger partial charge in [-0.05, 0) is 30.2 Å². The Balaban J connectivity index is 0.00000225. The number of H-pyrrole nitrogens is 1. The van der Waals surface area contributed by atoms with Crippen molar-refractivity contribution in [2.45, 2.75) is 12.3 Å². The number of carbonyl (C=O) groups excluding carboxylic acids is 1. The third-order valence-electron chi connectivity index (χ3n) is 3.78. The molecule has 0 bridgehead atoms. The van der Waals surface area contributed by atoms with Gasteiger partial charge in [-0.15, -0.1) is 0 Å². The molecule has 0 aliphatic heterocycles. The number of rotatable bonds is 4. The van der Waals surface area contributed by atoms with E-state index in [0.29, 0.717) is 15.2 Å². The molecule has 0 amide bonds. The SMILES string of the molecule is O=C([O-])C(Cc1ccc(Br)cc1F)c1n[nH]c(=O)c2ccccc12.[Na+]. The van der Waals surface area contributed by atoms with E-state index >= 15 is 0 Å². The number of carboxylic acids is 1. The van der Waals surface area contributed by atoms with Gasteiger partial charge < -0.3 is 9.90 Å². The van der Waals surface area contributed by atoms with Crippen molar-refractivity contribution in [2.24, 2.45) is 0 Å². The Bertz CT molecular complexity index is 993. The fourth-order valence-electron chi connectivity index (χ4n) is 2.60. The second-order valence-electron chi connectivity index (χ2n) is 5.30. The molecule has 0 saturated carbocycles. The van der Waals surface area contributed by atoms with Gasteiger partial charge >= 0.3 is 29.6 Å². The molecular formula is C17H11BrFN2NaO3. The van der Waals surface area contributed by atoms with Gasteiger partial charge in [0.05, 0.1) is 17.0 Å². The van der Waals surface area contributed by atoms with Crippen LogP contribution in [0.25, 0.3) is 10.8 Å². The van der Waals surface area contributed by atoms with Gasteiger partial charge in [-0.1, -0.05) is 40.2 Å². The van der Waals surface area contributed by atoms with E-state index in [0.717, 1.165) is 0 Å². The maximum Gasteiger partial charge on any atom is 1.00 e. The molecule has 0 radical (unpaired) electrons. The summed E-state index contributed by atoms with van der Waals surface area (Å²) in [5, 5.41) is 18.5. The number of hydrogen-bond acceptors (Lipinski definition) is 4. The molecule has 8 heteroatoms. The first kappa shape index (κ1) is 19.8. The zero-order valence-corrected chi connectivity index (χ0v) is 16.8. The number of carbonyl (C=O) groups is 1. The average Bonchev–Trinajstić information content (AvgIpc) is 2.55. The molecule has 0 aliphatic carbocycles. The number of nitrogens with one attached hydrogen (secondary N) is 1. The third kappa shape index (κ3) is 4.17. The number of nitrogens with zero attached hydrogens (tertiary/aromatic N) is 1. The fraction of sp³-hybridized carbons (Fsp3) is 0.118. The molecule has 3 aromatic rings. The Morgan fingerprint density at radius 3 is 2.56 bits per heavy atom. The van der Waals surface area contributed by atoms with E-state index in [9.17, 15) is 19.1 Å². The van der Waals surface area contributed by atoms with Gasteiger partial charge in [0.2, 0.25) is 0 Å². The van der Waals surface area contributed by atoms with Gasteiger partial charge in [-0.25, -0.2) is 9.49 Å². The fourth-order valence-corrected chi connectivity index (χ4v) is 2.93. The monoisotopic (exact) mass is 412 g/mol. The number of fused-ring (bicyclic) bond motifs is 1. The molecule has 1 atom stereocenters. The van der Waals surface area contributed by atoms with E-state index in [-0.39, 0.29) is 47.2 Å². The summed E-state index contributed by atoms with van der Waals surface area (Å²) in [6, 6.07) is 10.9. The van der Waals surface area contributed by atoms with Crippen LogP contribution in [0.1, 0.15) is 17.2 Å². The van der Waals surface area contributed by atoms with E-state index in [4.69, 9.17) is 0 Å². The summed E-state index contributed by atoms with van der Waals surface area (Å²) in [5.41, 5.74) is -0.0433. The molecule has 1 unspecified atom stereocenters. The maximum absolute atomic E-state index is 14.0. The normalized spacial score (nSPS) is 11.8. The van der Waals surface area contributed by atoms with Crippen molar-refractivity contribution in [3.05, 3.63) is 74.4 Å². The molecule has 5 nitrogen and oxygen atoms in total. The van der Waals surface area contributed by atoms with E-state index < -0.39 is 23.3 Å². The predicted molar refractivity (Wildman–Crippen MR) is 87.9 cm³/mol. The van der Waals surface area contributed by atoms with Crippen LogP contribution in [0, 0.1) is 5.82 Å². The van der Waals surface area contributed by atoms with Crippen molar-refractivity contribution >= 4 is 32.7 Å². The molecule has 0 saturated heterocycles. The first-order chi connectivity index (χ1) is 11.5. The number of halogens is 2. The van der Waals surface area contributed by atoms with Gasteiger partial charge in [-0.3, -0.25) is 4.79 Å². The van der Waals surface area contributed by atoms with Crippen molar-refractivity contribution in [1.29, 1.82) is 0 Å². The summed E-state index contributed by atoms with van der Waals surface area (Å²) in [4.78, 5) is 23.5. The molecular weight excluding hydrogens is 402 g/mol. The summed E-state index contributed by atoms with van der Waals surface area (Å²) in [7, 11) is 0. The van der Waals surface area contributed by atoms with Gasteiger partial charge in [0, 0.05) is 15.8 Å². The number of hydrogen-bond donors (Lipinski definition) is 1. The maximum atomic E-state index is 14.0. The number of benzene rings is 2. The van der Waals surface area contributed by atoms with Gasteiger partial charge in [0.15, 0.2) is 0 Å². The molecule has 3 rings (SSSR count). The van der Waals surface area contributed by atoms with E-state index in [1.54, 1.807) is 30.3 Å². The predicted octanol–water partition coefficient (Wildman–Crippen LogP) is -1.10. The second-order valence-corrected chi connectivity index (χ2v) is 6.21. The quantitative estimate of drug-likeness (QED) is 0.551. The summed E-state index contributed by atoms with van der Waals surface area (Å²) >= 11 is 3.16. The van der Waals surface area contributed by atoms with Crippen LogP contribution >= 0.6 is 15.9 Å². The summed E-state index contributed by atoms with van der Waals surface area (Å²) < 4.78 is 14.6. The second kappa shape index (κ2) is 8.23. The standard InChI is InChI=1S/C17H12BrFN2O3.Na/c18-10-6-5-9(14(19)8-10)7-13(17(23)24)15-11-3-1-2-4-12(11)16(22)21-20-15;/h1-6,8,13H,7H2,(H,21,22)(H,23,24);/q;+1/p-1. The van der Waals surface area contributed by atoms with Crippen molar-refractivity contribution in [1.82, 2.24) is 10.2 Å². The van der Waals surface area contributed by atoms with Crippen LogP contribution in [-0.2, 0) is 11.2 Å². The van der Waals surface area contributed by atoms with Crippen LogP contribution in [0.3, 0.4) is 0 Å². The molecule has 122 valence electrons. The van der Waals surface area contributed by atoms with Crippen LogP contribution in [-0.4, -0.2) is 16.2 Å². The molecule has 1 aromatic heterocycles. The van der Waals surface area contributed by atoms with Crippen molar-refractivity contribution in [3.63, 3.8) is 0 Å². The van der Waals surface area contributed by atoms with E-state index in [2.05, 4.69) is 26.1 Å². The average molecular weight is 413 g/mol. The Labute approximate surface area is 172 Å². The van der Waals surface area contributed by atoms with E-state index in [1.807, 2.05) is 0 Å². The number of carboxylic acid groups (broad SMARTS) is 1. The van der Waals surface area contributed by atoms with Crippen LogP contribution in [0.4, 0.5) is 4.39 Å². The Hall–Kier alpha value is -1.54. The van der Waals surface area contributed by atoms with E-state index in [1.165, 1.54) is 12.1 Å². The zero-order chi connectivity index (χ0) is 17.3. The minimum absolute atomic E-state index is 0. The summed E-state index contributed by atoms with van der Waals surface area (Å²) in [6.45, 7) is 0. The molecule has 0 fully saturated rings. The van der Waals surface area contributed by atoms with Crippen LogP contribution < -0.4 is 40.2 Å². The minimum atomic E-state index is -1.39. The number of aromatic nitrogens is 2. The molecule has 0 spiro atoms. The van der Waals surface area contributed by atoms with Gasteiger partial charge in [0.25, 0.3) is 5.56 Å². The molecule has 1 N–H and O–H groups in total. The van der Waals surface area contributed by atoms with Crippen LogP contribution in [0.5, 0.6) is 0 Å². The molecule has 2 aromatic carbocycles. The Morgan fingerprint density at radius 2 is 1.92 bits per heavy atom. The van der Waals surface area contributed by atoms with Crippen molar-refractivity contribution in [3.8, 4) is 0 Å². The zero-order valence-electron chi connectivity index (χ0n) is 13.3.